The maximum Gasteiger partial charge on any atom is 0.0798 e. The van der Waals surface area contributed by atoms with Crippen LogP contribution in [0.3, 0.4) is 0 Å². The highest BCUT2D eigenvalue weighted by Crippen LogP contribution is 2.41. The summed E-state index contributed by atoms with van der Waals surface area (Å²) in [5, 5.41) is 0. The van der Waals surface area contributed by atoms with Crippen LogP contribution in [0.2, 0.25) is 0 Å². The van der Waals surface area contributed by atoms with Crippen molar-refractivity contribution < 1.29 is 0 Å². The van der Waals surface area contributed by atoms with Crippen molar-refractivity contribution >= 4 is 11.3 Å². The normalized spacial score (nSPS) is 20.2. The zero-order valence-electron chi connectivity index (χ0n) is 6.58. The fraction of sp³-hybridized carbons (Fsp3) is 0.625. The zero-order chi connectivity index (χ0) is 7.84. The van der Waals surface area contributed by atoms with E-state index in [4.69, 9.17) is 5.73 Å². The molecule has 1 atom stereocenters. The Balaban J connectivity index is 2.20. The lowest BCUT2D eigenvalue weighted by Crippen LogP contribution is -2.11. The first-order chi connectivity index (χ1) is 5.29. The minimum absolute atomic E-state index is 0.266. The Bertz CT molecular complexity index is 252. The molecule has 0 radical (unpaired) electrons. The van der Waals surface area contributed by atoms with Crippen LogP contribution in [0.25, 0.3) is 0 Å². The average molecular weight is 168 g/mol. The summed E-state index contributed by atoms with van der Waals surface area (Å²) in [5.74, 6) is 0.745. The van der Waals surface area contributed by atoms with Gasteiger partial charge in [0, 0.05) is 10.9 Å². The lowest BCUT2D eigenvalue weighted by molar-refractivity contribution is 0.639. The Hall–Kier alpha value is -0.410. The van der Waals surface area contributed by atoms with Crippen molar-refractivity contribution in [3.8, 4) is 0 Å². The molecule has 0 saturated heterocycles. The van der Waals surface area contributed by atoms with Gasteiger partial charge in [0.05, 0.1) is 11.2 Å². The smallest absolute Gasteiger partial charge is 0.0798 e. The molecule has 2 nitrogen and oxygen atoms in total. The summed E-state index contributed by atoms with van der Waals surface area (Å²) in [5.41, 5.74) is 9.02. The van der Waals surface area contributed by atoms with Crippen LogP contribution >= 0.6 is 11.3 Å². The lowest BCUT2D eigenvalue weighted by atomic mass is 10.1. The number of thiazole rings is 1. The van der Waals surface area contributed by atoms with Gasteiger partial charge >= 0.3 is 0 Å². The average Bonchev–Trinajstić information content (AvgIpc) is 2.74. The molecule has 1 aromatic rings. The lowest BCUT2D eigenvalue weighted by Gasteiger charge is -2.06. The Labute approximate surface area is 70.5 Å². The molecule has 0 aliphatic heterocycles. The summed E-state index contributed by atoms with van der Waals surface area (Å²) >= 11 is 1.69. The van der Waals surface area contributed by atoms with E-state index in [1.165, 1.54) is 17.7 Å². The van der Waals surface area contributed by atoms with E-state index in [2.05, 4.69) is 4.98 Å². The standard InChI is InChI=1S/C8H12N2S/c1-5-8(11-4-10-5)7(9)6-2-3-6/h4,6-7H,2-3,9H2,1H3. The highest BCUT2D eigenvalue weighted by Gasteiger charge is 2.31. The summed E-state index contributed by atoms with van der Waals surface area (Å²) in [4.78, 5) is 5.47. The third kappa shape index (κ3) is 1.30. The van der Waals surface area contributed by atoms with Crippen LogP contribution in [0.1, 0.15) is 29.5 Å². The maximum absolute atomic E-state index is 6.02. The SMILES string of the molecule is Cc1ncsc1C(N)C1CC1. The van der Waals surface area contributed by atoms with Crippen LogP contribution in [-0.2, 0) is 0 Å². The van der Waals surface area contributed by atoms with Crippen LogP contribution in [0.4, 0.5) is 0 Å². The first-order valence-electron chi connectivity index (χ1n) is 3.94. The molecule has 2 N–H and O–H groups in total. The van der Waals surface area contributed by atoms with Crippen molar-refractivity contribution in [2.75, 3.05) is 0 Å². The second-order valence-corrected chi connectivity index (χ2v) is 4.05. The molecular formula is C8H12N2S. The van der Waals surface area contributed by atoms with Gasteiger partial charge in [0.2, 0.25) is 0 Å². The molecule has 0 aromatic carbocycles. The first kappa shape index (κ1) is 7.25. The first-order valence-corrected chi connectivity index (χ1v) is 4.82. The summed E-state index contributed by atoms with van der Waals surface area (Å²) < 4.78 is 0. The molecular weight excluding hydrogens is 156 g/mol. The molecule has 3 heteroatoms. The summed E-state index contributed by atoms with van der Waals surface area (Å²) in [6.07, 6.45) is 2.61. The van der Waals surface area contributed by atoms with Crippen molar-refractivity contribution in [1.82, 2.24) is 4.98 Å². The van der Waals surface area contributed by atoms with Crippen LogP contribution in [0.15, 0.2) is 5.51 Å². The molecule has 1 aliphatic carbocycles. The van der Waals surface area contributed by atoms with Gasteiger partial charge in [-0.25, -0.2) is 4.98 Å². The minimum Gasteiger partial charge on any atom is -0.323 e. The quantitative estimate of drug-likeness (QED) is 0.732. The maximum atomic E-state index is 6.02. The number of hydrogen-bond acceptors (Lipinski definition) is 3. The van der Waals surface area contributed by atoms with Gasteiger partial charge in [-0.2, -0.15) is 0 Å². The Morgan fingerprint density at radius 3 is 2.91 bits per heavy atom. The van der Waals surface area contributed by atoms with Crippen molar-refractivity contribution in [2.24, 2.45) is 11.7 Å². The Kier molecular flexibility index (Phi) is 1.69. The van der Waals surface area contributed by atoms with Crippen molar-refractivity contribution in [3.63, 3.8) is 0 Å². The monoisotopic (exact) mass is 168 g/mol. The molecule has 11 heavy (non-hydrogen) atoms. The topological polar surface area (TPSA) is 38.9 Å². The van der Waals surface area contributed by atoms with Gasteiger partial charge < -0.3 is 5.73 Å². The third-order valence-corrected chi connectivity index (χ3v) is 3.25. The Morgan fingerprint density at radius 2 is 2.45 bits per heavy atom. The van der Waals surface area contributed by atoms with E-state index in [0.717, 1.165) is 11.6 Å². The van der Waals surface area contributed by atoms with E-state index in [1.54, 1.807) is 11.3 Å². The highest BCUT2D eigenvalue weighted by molar-refractivity contribution is 7.09. The van der Waals surface area contributed by atoms with Gasteiger partial charge in [-0.1, -0.05) is 0 Å². The molecule has 1 saturated carbocycles. The zero-order valence-corrected chi connectivity index (χ0v) is 7.40. The fourth-order valence-corrected chi connectivity index (χ4v) is 2.20. The van der Waals surface area contributed by atoms with Crippen LogP contribution < -0.4 is 5.73 Å². The summed E-state index contributed by atoms with van der Waals surface area (Å²) in [6.45, 7) is 2.04. The van der Waals surface area contributed by atoms with E-state index in [1.807, 2.05) is 12.4 Å². The number of aromatic nitrogens is 1. The molecule has 0 amide bonds. The molecule has 1 aromatic heterocycles. The van der Waals surface area contributed by atoms with Crippen LogP contribution in [0, 0.1) is 12.8 Å². The molecule has 0 bridgehead atoms. The second-order valence-electron chi connectivity index (χ2n) is 3.17. The number of hydrogen-bond donors (Lipinski definition) is 1. The van der Waals surface area contributed by atoms with Crippen LogP contribution in [-0.4, -0.2) is 4.98 Å². The van der Waals surface area contributed by atoms with Crippen LogP contribution in [0.5, 0.6) is 0 Å². The molecule has 60 valence electrons. The van der Waals surface area contributed by atoms with Crippen molar-refractivity contribution in [1.29, 1.82) is 0 Å². The van der Waals surface area contributed by atoms with Gasteiger partial charge in [-0.15, -0.1) is 11.3 Å². The van der Waals surface area contributed by atoms with E-state index in [0.29, 0.717) is 0 Å². The molecule has 1 unspecified atom stereocenters. The number of nitrogens with zero attached hydrogens (tertiary/aromatic N) is 1. The largest absolute Gasteiger partial charge is 0.323 e. The highest BCUT2D eigenvalue weighted by atomic mass is 32.1. The number of nitrogens with two attached hydrogens (primary N) is 1. The second kappa shape index (κ2) is 2.57. The van der Waals surface area contributed by atoms with E-state index >= 15 is 0 Å². The molecule has 1 fully saturated rings. The molecule has 2 rings (SSSR count). The van der Waals surface area contributed by atoms with Gasteiger partial charge in [0.15, 0.2) is 0 Å². The predicted octanol–water partition coefficient (Wildman–Crippen LogP) is 1.86. The summed E-state index contributed by atoms with van der Waals surface area (Å²) in [7, 11) is 0. The minimum atomic E-state index is 0.266. The summed E-state index contributed by atoms with van der Waals surface area (Å²) in [6, 6.07) is 0.266. The third-order valence-electron chi connectivity index (χ3n) is 2.22. The van der Waals surface area contributed by atoms with Crippen molar-refractivity contribution in [2.45, 2.75) is 25.8 Å². The fourth-order valence-electron chi connectivity index (χ4n) is 1.30. The van der Waals surface area contributed by atoms with E-state index in [9.17, 15) is 0 Å². The van der Waals surface area contributed by atoms with Crippen molar-refractivity contribution in [3.05, 3.63) is 16.1 Å². The number of aryl methyl sites for hydroxylation is 1. The molecule has 1 heterocycles. The van der Waals surface area contributed by atoms with E-state index < -0.39 is 0 Å². The molecule has 0 spiro atoms. The Morgan fingerprint density at radius 1 is 1.73 bits per heavy atom. The molecule has 1 aliphatic rings. The van der Waals surface area contributed by atoms with Gasteiger partial charge in [-0.05, 0) is 25.7 Å². The predicted molar refractivity (Wildman–Crippen MR) is 46.5 cm³/mol. The van der Waals surface area contributed by atoms with Gasteiger partial charge in [-0.3, -0.25) is 0 Å². The van der Waals surface area contributed by atoms with E-state index in [-0.39, 0.29) is 6.04 Å². The number of rotatable bonds is 2. The van der Waals surface area contributed by atoms with Gasteiger partial charge in [0.1, 0.15) is 0 Å². The van der Waals surface area contributed by atoms with Gasteiger partial charge in [0.25, 0.3) is 0 Å².